The van der Waals surface area contributed by atoms with Crippen LogP contribution in [0.2, 0.25) is 0 Å². The van der Waals surface area contributed by atoms with Crippen LogP contribution < -0.4 is 18.9 Å². The van der Waals surface area contributed by atoms with Crippen LogP contribution in [0.15, 0.2) is 133 Å². The molecule has 6 aromatic carbocycles. The van der Waals surface area contributed by atoms with Crippen molar-refractivity contribution in [1.82, 2.24) is 0 Å². The third kappa shape index (κ3) is 5.74. The molecule has 0 aliphatic carbocycles. The Labute approximate surface area is 255 Å². The van der Waals surface area contributed by atoms with Crippen molar-refractivity contribution in [3.63, 3.8) is 0 Å². The average Bonchev–Trinajstić information content (AvgIpc) is 3.08. The minimum Gasteiger partial charge on any atom is -0.496 e. The quantitative estimate of drug-likeness (QED) is 0.151. The molecule has 0 heterocycles. The second kappa shape index (κ2) is 12.5. The standard InChI is InChI=1S/C38H28O6/c1-41-32-23-17-25-18-24-33(42-2)36(38(40)27-15-21-31(22-16-27)44-29-11-7-4-8-12-29)34(25)35(32)37(39)26-13-19-30(20-14-26)43-28-9-5-3-6-10-28/h3-24H,1-2H3. The number of para-hydroxylation sites is 2. The number of benzene rings is 6. The van der Waals surface area contributed by atoms with Gasteiger partial charge in [0.25, 0.3) is 0 Å². The first kappa shape index (κ1) is 28.2. The number of ether oxygens (including phenoxy) is 4. The minimum absolute atomic E-state index is 0.271. The fourth-order valence-electron chi connectivity index (χ4n) is 5.06. The third-order valence-electron chi connectivity index (χ3n) is 7.19. The van der Waals surface area contributed by atoms with Gasteiger partial charge in [-0.15, -0.1) is 0 Å². The van der Waals surface area contributed by atoms with Crippen LogP contribution in [0.4, 0.5) is 0 Å². The number of methoxy groups -OCH3 is 2. The number of fused-ring (bicyclic) bond motifs is 1. The predicted octanol–water partition coefficient (Wildman–Crippen LogP) is 8.90. The molecule has 6 nitrogen and oxygen atoms in total. The molecule has 0 unspecified atom stereocenters. The van der Waals surface area contributed by atoms with Crippen LogP contribution in [0.1, 0.15) is 31.8 Å². The molecule has 44 heavy (non-hydrogen) atoms. The molecule has 0 spiro atoms. The second-order valence-electron chi connectivity index (χ2n) is 9.92. The Kier molecular flexibility index (Phi) is 8.06. The maximum Gasteiger partial charge on any atom is 0.197 e. The van der Waals surface area contributed by atoms with Gasteiger partial charge in [-0.25, -0.2) is 0 Å². The number of hydrogen-bond donors (Lipinski definition) is 0. The molecule has 216 valence electrons. The van der Waals surface area contributed by atoms with Crippen LogP contribution in [0.3, 0.4) is 0 Å². The lowest BCUT2D eigenvalue weighted by atomic mass is 9.89. The topological polar surface area (TPSA) is 71.1 Å². The van der Waals surface area contributed by atoms with Gasteiger partial charge in [-0.3, -0.25) is 9.59 Å². The van der Waals surface area contributed by atoms with Crippen molar-refractivity contribution < 1.29 is 28.5 Å². The average molecular weight is 581 g/mol. The summed E-state index contributed by atoms with van der Waals surface area (Å²) < 4.78 is 23.1. The second-order valence-corrected chi connectivity index (χ2v) is 9.92. The van der Waals surface area contributed by atoms with Crippen LogP contribution in [-0.4, -0.2) is 25.8 Å². The Morgan fingerprint density at radius 2 is 0.795 bits per heavy atom. The van der Waals surface area contributed by atoms with Crippen molar-refractivity contribution in [2.24, 2.45) is 0 Å². The van der Waals surface area contributed by atoms with Crippen LogP contribution >= 0.6 is 0 Å². The molecule has 0 fully saturated rings. The SMILES string of the molecule is COc1ccc2ccc(OC)c(C(=O)c3ccc(Oc4ccccc4)cc3)c2c1C(=O)c1ccc(Oc2ccccc2)cc1. The van der Waals surface area contributed by atoms with E-state index in [-0.39, 0.29) is 22.7 Å². The molecular weight excluding hydrogens is 552 g/mol. The third-order valence-corrected chi connectivity index (χ3v) is 7.19. The first-order valence-electron chi connectivity index (χ1n) is 14.0. The maximum absolute atomic E-state index is 14.1. The monoisotopic (exact) mass is 580 g/mol. The van der Waals surface area contributed by atoms with E-state index in [9.17, 15) is 9.59 Å². The lowest BCUT2D eigenvalue weighted by Crippen LogP contribution is -2.11. The largest absolute Gasteiger partial charge is 0.496 e. The van der Waals surface area contributed by atoms with E-state index < -0.39 is 0 Å². The highest BCUT2D eigenvalue weighted by Gasteiger charge is 2.26. The lowest BCUT2D eigenvalue weighted by molar-refractivity contribution is 0.103. The van der Waals surface area contributed by atoms with Crippen LogP contribution in [0.25, 0.3) is 10.8 Å². The smallest absolute Gasteiger partial charge is 0.197 e. The zero-order valence-electron chi connectivity index (χ0n) is 24.2. The molecule has 0 bridgehead atoms. The predicted molar refractivity (Wildman–Crippen MR) is 170 cm³/mol. The molecule has 0 aliphatic heterocycles. The lowest BCUT2D eigenvalue weighted by Gasteiger charge is -2.17. The number of ketones is 2. The maximum atomic E-state index is 14.1. The summed E-state index contributed by atoms with van der Waals surface area (Å²) in [6, 6.07) is 39.7. The Balaban J connectivity index is 1.40. The summed E-state index contributed by atoms with van der Waals surface area (Å²) in [5.74, 6) is 2.67. The van der Waals surface area contributed by atoms with Crippen molar-refractivity contribution in [2.75, 3.05) is 14.2 Å². The van der Waals surface area contributed by atoms with Gasteiger partial charge in [0.15, 0.2) is 11.6 Å². The molecule has 0 amide bonds. The molecular formula is C38H28O6. The van der Waals surface area contributed by atoms with E-state index in [1.165, 1.54) is 14.2 Å². The number of carbonyl (C=O) groups excluding carboxylic acids is 2. The summed E-state index contributed by atoms with van der Waals surface area (Å²) >= 11 is 0. The van der Waals surface area contributed by atoms with E-state index in [1.54, 1.807) is 60.7 Å². The van der Waals surface area contributed by atoms with E-state index in [4.69, 9.17) is 18.9 Å². The molecule has 0 radical (unpaired) electrons. The fraction of sp³-hybridized carbons (Fsp3) is 0.0526. The van der Waals surface area contributed by atoms with E-state index in [2.05, 4.69) is 0 Å². The van der Waals surface area contributed by atoms with Gasteiger partial charge >= 0.3 is 0 Å². The molecule has 0 N–H and O–H groups in total. The van der Waals surface area contributed by atoms with Gasteiger partial charge < -0.3 is 18.9 Å². The summed E-state index contributed by atoms with van der Waals surface area (Å²) in [6.45, 7) is 0. The van der Waals surface area contributed by atoms with E-state index >= 15 is 0 Å². The first-order chi connectivity index (χ1) is 21.6. The number of rotatable bonds is 10. The van der Waals surface area contributed by atoms with Gasteiger partial charge in [0, 0.05) is 16.5 Å². The zero-order valence-corrected chi connectivity index (χ0v) is 24.2. The highest BCUT2D eigenvalue weighted by atomic mass is 16.5. The zero-order chi connectivity index (χ0) is 30.5. The molecule has 0 saturated heterocycles. The molecule has 6 aromatic rings. The van der Waals surface area contributed by atoms with Crippen molar-refractivity contribution in [3.8, 4) is 34.5 Å². The van der Waals surface area contributed by atoms with Gasteiger partial charge in [-0.05, 0) is 90.3 Å². The molecule has 0 aromatic heterocycles. The van der Waals surface area contributed by atoms with Crippen molar-refractivity contribution in [3.05, 3.63) is 156 Å². The first-order valence-corrected chi connectivity index (χ1v) is 14.0. The Hall–Kier alpha value is -5.88. The highest BCUT2D eigenvalue weighted by molar-refractivity contribution is 6.26. The van der Waals surface area contributed by atoms with Gasteiger partial charge in [-0.2, -0.15) is 0 Å². The van der Waals surface area contributed by atoms with Gasteiger partial charge in [0.05, 0.1) is 25.3 Å². The normalized spacial score (nSPS) is 10.7. The Morgan fingerprint density at radius 3 is 1.16 bits per heavy atom. The van der Waals surface area contributed by atoms with E-state index in [1.807, 2.05) is 72.8 Å². The summed E-state index contributed by atoms with van der Waals surface area (Å²) in [6.07, 6.45) is 0. The molecule has 0 atom stereocenters. The van der Waals surface area contributed by atoms with Gasteiger partial charge in [0.2, 0.25) is 0 Å². The van der Waals surface area contributed by atoms with Gasteiger partial charge in [-0.1, -0.05) is 48.5 Å². The van der Waals surface area contributed by atoms with Crippen LogP contribution in [0, 0.1) is 0 Å². The molecule has 6 rings (SSSR count). The number of carbonyl (C=O) groups is 2. The summed E-state index contributed by atoms with van der Waals surface area (Å²) in [4.78, 5) is 28.3. The Morgan fingerprint density at radius 1 is 0.432 bits per heavy atom. The number of hydrogen-bond acceptors (Lipinski definition) is 6. The van der Waals surface area contributed by atoms with Gasteiger partial charge in [0.1, 0.15) is 34.5 Å². The van der Waals surface area contributed by atoms with Crippen molar-refractivity contribution in [2.45, 2.75) is 0 Å². The van der Waals surface area contributed by atoms with E-state index in [0.29, 0.717) is 56.4 Å². The molecule has 6 heteroatoms. The van der Waals surface area contributed by atoms with E-state index in [0.717, 1.165) is 0 Å². The summed E-state index contributed by atoms with van der Waals surface area (Å²) in [5, 5.41) is 1.15. The van der Waals surface area contributed by atoms with Crippen LogP contribution in [0.5, 0.6) is 34.5 Å². The summed E-state index contributed by atoms with van der Waals surface area (Å²) in [7, 11) is 3.00. The molecule has 0 saturated carbocycles. The Bertz CT molecular complexity index is 1790. The highest BCUT2D eigenvalue weighted by Crippen LogP contribution is 2.38. The van der Waals surface area contributed by atoms with Crippen molar-refractivity contribution in [1.29, 1.82) is 0 Å². The molecule has 0 aliphatic rings. The van der Waals surface area contributed by atoms with Crippen molar-refractivity contribution >= 4 is 22.3 Å². The minimum atomic E-state index is -0.298. The fourth-order valence-corrected chi connectivity index (χ4v) is 5.06. The van der Waals surface area contributed by atoms with Crippen LogP contribution in [-0.2, 0) is 0 Å². The summed E-state index contributed by atoms with van der Waals surface area (Å²) in [5.41, 5.74) is 1.38.